The third kappa shape index (κ3) is 4.59. The van der Waals surface area contributed by atoms with Gasteiger partial charge >= 0.3 is 0 Å². The van der Waals surface area contributed by atoms with Crippen LogP contribution in [0.1, 0.15) is 5.89 Å². The van der Waals surface area contributed by atoms with E-state index in [0.29, 0.717) is 27.0 Å². The number of thiophene rings is 1. The van der Waals surface area contributed by atoms with Crippen LogP contribution in [0, 0.1) is 0 Å². The fourth-order valence-electron chi connectivity index (χ4n) is 1.96. The summed E-state index contributed by atoms with van der Waals surface area (Å²) in [6.07, 6.45) is 0. The normalized spacial score (nSPS) is 10.7. The number of carbonyl (C=O) groups is 1. The summed E-state index contributed by atoms with van der Waals surface area (Å²) in [5, 5.41) is 6.44. The van der Waals surface area contributed by atoms with Gasteiger partial charge in [-0.25, -0.2) is 0 Å². The van der Waals surface area contributed by atoms with Crippen molar-refractivity contribution in [3.05, 3.63) is 51.1 Å². The molecular weight excluding hydrogens is 430 g/mol. The number of likely N-dealkylation sites (N-methyl/N-ethyl adjacent to an activating group) is 1. The zero-order chi connectivity index (χ0) is 17.8. The summed E-state index contributed by atoms with van der Waals surface area (Å²) in [5.74, 6) is 1.22. The average molecular weight is 443 g/mol. The van der Waals surface area contributed by atoms with Gasteiger partial charge in [0.15, 0.2) is 6.61 Å². The first-order chi connectivity index (χ1) is 12.0. The molecule has 2 aromatic heterocycles. The summed E-state index contributed by atoms with van der Waals surface area (Å²) >= 11 is 10.7. The van der Waals surface area contributed by atoms with Crippen LogP contribution in [0.15, 0.2) is 44.7 Å². The van der Waals surface area contributed by atoms with Gasteiger partial charge in [-0.1, -0.05) is 22.8 Å². The molecule has 2 heterocycles. The van der Waals surface area contributed by atoms with Crippen molar-refractivity contribution in [2.45, 2.75) is 6.54 Å². The van der Waals surface area contributed by atoms with Crippen molar-refractivity contribution in [1.82, 2.24) is 15.0 Å². The Hall–Kier alpha value is -1.90. The van der Waals surface area contributed by atoms with E-state index in [1.165, 1.54) is 16.2 Å². The number of halogens is 2. The summed E-state index contributed by atoms with van der Waals surface area (Å²) in [6, 6.07) is 8.92. The van der Waals surface area contributed by atoms with Gasteiger partial charge in [0, 0.05) is 12.1 Å². The zero-order valence-electron chi connectivity index (χ0n) is 13.1. The fourth-order valence-corrected chi connectivity index (χ4v) is 3.40. The lowest BCUT2D eigenvalue weighted by Crippen LogP contribution is -2.31. The molecule has 6 nitrogen and oxygen atoms in total. The van der Waals surface area contributed by atoms with E-state index in [4.69, 9.17) is 20.9 Å². The topological polar surface area (TPSA) is 68.5 Å². The average Bonchev–Trinajstić information content (AvgIpc) is 3.24. The van der Waals surface area contributed by atoms with Crippen LogP contribution in [0.2, 0.25) is 5.02 Å². The Bertz CT molecular complexity index is 869. The smallest absolute Gasteiger partial charge is 0.260 e. The predicted octanol–water partition coefficient (Wildman–Crippen LogP) is 4.25. The van der Waals surface area contributed by atoms with Crippen molar-refractivity contribution in [3.8, 4) is 16.5 Å². The van der Waals surface area contributed by atoms with Crippen LogP contribution >= 0.6 is 38.9 Å². The Morgan fingerprint density at radius 3 is 3.00 bits per heavy atom. The van der Waals surface area contributed by atoms with Crippen LogP contribution in [0.3, 0.4) is 0 Å². The van der Waals surface area contributed by atoms with Crippen molar-refractivity contribution in [2.24, 2.45) is 0 Å². The monoisotopic (exact) mass is 441 g/mol. The summed E-state index contributed by atoms with van der Waals surface area (Å²) < 4.78 is 11.4. The van der Waals surface area contributed by atoms with Crippen molar-refractivity contribution in [2.75, 3.05) is 13.7 Å². The van der Waals surface area contributed by atoms with E-state index in [-0.39, 0.29) is 19.1 Å². The third-order valence-corrected chi connectivity index (χ3v) is 4.97. The highest BCUT2D eigenvalue weighted by atomic mass is 79.9. The molecule has 3 rings (SSSR count). The molecule has 0 spiro atoms. The lowest BCUT2D eigenvalue weighted by atomic mass is 10.3. The molecule has 0 aliphatic carbocycles. The van der Waals surface area contributed by atoms with Crippen LogP contribution in [0.4, 0.5) is 0 Å². The Balaban J connectivity index is 1.56. The number of hydrogen-bond acceptors (Lipinski definition) is 6. The molecule has 0 fully saturated rings. The van der Waals surface area contributed by atoms with Gasteiger partial charge in [-0.3, -0.25) is 4.79 Å². The largest absolute Gasteiger partial charge is 0.483 e. The third-order valence-electron chi connectivity index (χ3n) is 3.25. The fraction of sp³-hybridized carbons (Fsp3) is 0.188. The zero-order valence-corrected chi connectivity index (χ0v) is 16.3. The molecular formula is C16H13BrClN3O3S. The maximum atomic E-state index is 12.2. The number of nitrogens with zero attached hydrogens (tertiary/aromatic N) is 3. The van der Waals surface area contributed by atoms with Crippen molar-refractivity contribution in [3.63, 3.8) is 0 Å². The Morgan fingerprint density at radius 1 is 1.44 bits per heavy atom. The van der Waals surface area contributed by atoms with Crippen LogP contribution in [0.5, 0.6) is 5.75 Å². The molecule has 0 aliphatic heterocycles. The SMILES string of the molecule is CN(Cc1nc(-c2cccs2)no1)C(=O)COc1ccc(Cl)cc1Br. The molecule has 1 aromatic carbocycles. The van der Waals surface area contributed by atoms with Crippen LogP contribution < -0.4 is 4.74 Å². The molecule has 25 heavy (non-hydrogen) atoms. The Labute approximate surface area is 161 Å². The molecule has 0 saturated heterocycles. The molecule has 3 aromatic rings. The van der Waals surface area contributed by atoms with Gasteiger partial charge in [-0.05, 0) is 45.6 Å². The van der Waals surface area contributed by atoms with Crippen molar-refractivity contribution >= 4 is 44.8 Å². The summed E-state index contributed by atoms with van der Waals surface area (Å²) in [7, 11) is 1.65. The van der Waals surface area contributed by atoms with Gasteiger partial charge < -0.3 is 14.2 Å². The lowest BCUT2D eigenvalue weighted by molar-refractivity contribution is -0.132. The van der Waals surface area contributed by atoms with Gasteiger partial charge in [0.2, 0.25) is 11.7 Å². The van der Waals surface area contributed by atoms with E-state index >= 15 is 0 Å². The number of rotatable bonds is 6. The molecule has 0 bridgehead atoms. The summed E-state index contributed by atoms with van der Waals surface area (Å²) in [5.41, 5.74) is 0. The first-order valence-electron chi connectivity index (χ1n) is 7.21. The highest BCUT2D eigenvalue weighted by Gasteiger charge is 2.16. The Morgan fingerprint density at radius 2 is 2.28 bits per heavy atom. The van der Waals surface area contributed by atoms with Crippen molar-refractivity contribution in [1.29, 1.82) is 0 Å². The number of ether oxygens (including phenoxy) is 1. The van der Waals surface area contributed by atoms with E-state index in [1.54, 1.807) is 25.2 Å². The summed E-state index contributed by atoms with van der Waals surface area (Å²) in [4.78, 5) is 18.9. The van der Waals surface area contributed by atoms with Crippen LogP contribution in [-0.4, -0.2) is 34.6 Å². The number of carbonyl (C=O) groups excluding carboxylic acids is 1. The van der Waals surface area contributed by atoms with Gasteiger partial charge in [-0.2, -0.15) is 4.98 Å². The maximum absolute atomic E-state index is 12.2. The minimum absolute atomic E-state index is 0.108. The minimum Gasteiger partial charge on any atom is -0.483 e. The molecule has 0 unspecified atom stereocenters. The molecule has 0 aliphatic rings. The molecule has 1 amide bonds. The molecule has 0 saturated carbocycles. The Kier molecular flexibility index (Phi) is 5.72. The highest BCUT2D eigenvalue weighted by Crippen LogP contribution is 2.28. The number of amides is 1. The second-order valence-corrected chi connectivity index (χ2v) is 7.34. The van der Waals surface area contributed by atoms with Gasteiger partial charge in [0.05, 0.1) is 15.9 Å². The number of benzene rings is 1. The second kappa shape index (κ2) is 7.99. The standard InChI is InChI=1S/C16H13BrClN3O3S/c1-21(8-14-19-16(20-24-14)13-3-2-6-25-13)15(22)9-23-12-5-4-10(18)7-11(12)17/h2-7H,8-9H2,1H3. The first-order valence-corrected chi connectivity index (χ1v) is 9.26. The second-order valence-electron chi connectivity index (χ2n) is 5.10. The highest BCUT2D eigenvalue weighted by molar-refractivity contribution is 9.10. The van der Waals surface area contributed by atoms with E-state index in [0.717, 1.165) is 4.88 Å². The van der Waals surface area contributed by atoms with Gasteiger partial charge in [0.25, 0.3) is 5.91 Å². The van der Waals surface area contributed by atoms with Gasteiger partial charge in [-0.15, -0.1) is 11.3 Å². The van der Waals surface area contributed by atoms with Crippen LogP contribution in [0.25, 0.3) is 10.7 Å². The van der Waals surface area contributed by atoms with Crippen molar-refractivity contribution < 1.29 is 14.1 Å². The quantitative estimate of drug-likeness (QED) is 0.571. The number of hydrogen-bond donors (Lipinski definition) is 0. The van der Waals surface area contributed by atoms with E-state index < -0.39 is 0 Å². The minimum atomic E-state index is -0.210. The molecule has 0 radical (unpaired) electrons. The number of aromatic nitrogens is 2. The van der Waals surface area contributed by atoms with E-state index in [2.05, 4.69) is 26.1 Å². The molecule has 130 valence electrons. The first kappa shape index (κ1) is 17.9. The van der Waals surface area contributed by atoms with E-state index in [9.17, 15) is 4.79 Å². The maximum Gasteiger partial charge on any atom is 0.260 e. The molecule has 9 heteroatoms. The summed E-state index contributed by atoms with van der Waals surface area (Å²) in [6.45, 7) is 0.102. The van der Waals surface area contributed by atoms with Crippen LogP contribution in [-0.2, 0) is 11.3 Å². The van der Waals surface area contributed by atoms with E-state index in [1.807, 2.05) is 17.5 Å². The molecule has 0 atom stereocenters. The van der Waals surface area contributed by atoms with Gasteiger partial charge in [0.1, 0.15) is 5.75 Å². The lowest BCUT2D eigenvalue weighted by Gasteiger charge is -2.15. The predicted molar refractivity (Wildman–Crippen MR) is 98.7 cm³/mol. The molecule has 0 N–H and O–H groups in total.